The first-order valence-corrected chi connectivity index (χ1v) is 8.48. The lowest BCUT2D eigenvalue weighted by Gasteiger charge is -2.22. The Morgan fingerprint density at radius 1 is 1.42 bits per heavy atom. The van der Waals surface area contributed by atoms with Crippen LogP contribution in [0.15, 0.2) is 24.3 Å². The Balaban J connectivity index is 1.55. The van der Waals surface area contributed by atoms with Gasteiger partial charge in [-0.25, -0.2) is 4.79 Å². The van der Waals surface area contributed by atoms with E-state index in [0.717, 1.165) is 29.7 Å². The Morgan fingerprint density at radius 3 is 2.83 bits per heavy atom. The van der Waals surface area contributed by atoms with E-state index in [1.165, 1.54) is 0 Å². The van der Waals surface area contributed by atoms with E-state index in [1.54, 1.807) is 6.92 Å². The molecule has 2 atom stereocenters. The molecule has 2 aliphatic rings. The fourth-order valence-corrected chi connectivity index (χ4v) is 3.13. The maximum atomic E-state index is 12.5. The second kappa shape index (κ2) is 6.43. The summed E-state index contributed by atoms with van der Waals surface area (Å²) in [4.78, 5) is 25.7. The van der Waals surface area contributed by atoms with Crippen LogP contribution in [0.1, 0.15) is 32.3 Å². The highest BCUT2D eigenvalue weighted by Gasteiger charge is 2.56. The largest absolute Gasteiger partial charge is 0.491 e. The van der Waals surface area contributed by atoms with Crippen molar-refractivity contribution in [3.63, 3.8) is 0 Å². The maximum Gasteiger partial charge on any atom is 0.325 e. The zero-order chi connectivity index (χ0) is 17.3. The number of imide groups is 1. The van der Waals surface area contributed by atoms with E-state index in [-0.39, 0.29) is 25.0 Å². The molecular formula is C18H24N2O4. The Labute approximate surface area is 141 Å². The lowest BCUT2D eigenvalue weighted by Crippen LogP contribution is -2.46. The number of nitrogens with zero attached hydrogens (tertiary/aromatic N) is 1. The van der Waals surface area contributed by atoms with E-state index in [0.29, 0.717) is 5.75 Å². The number of hydrogen-bond acceptors (Lipinski definition) is 4. The monoisotopic (exact) mass is 332 g/mol. The molecule has 24 heavy (non-hydrogen) atoms. The highest BCUT2D eigenvalue weighted by Crippen LogP contribution is 2.42. The van der Waals surface area contributed by atoms with Gasteiger partial charge >= 0.3 is 6.03 Å². The quantitative estimate of drug-likeness (QED) is 0.745. The predicted molar refractivity (Wildman–Crippen MR) is 88.7 cm³/mol. The maximum absolute atomic E-state index is 12.5. The molecule has 1 aromatic rings. The van der Waals surface area contributed by atoms with Crippen molar-refractivity contribution in [2.24, 2.45) is 5.92 Å². The van der Waals surface area contributed by atoms with Crippen LogP contribution in [0.4, 0.5) is 4.79 Å². The van der Waals surface area contributed by atoms with Crippen LogP contribution in [-0.4, -0.2) is 46.7 Å². The van der Waals surface area contributed by atoms with Gasteiger partial charge in [-0.3, -0.25) is 9.69 Å². The van der Waals surface area contributed by atoms with Gasteiger partial charge in [0.1, 0.15) is 24.0 Å². The van der Waals surface area contributed by atoms with Gasteiger partial charge in [0, 0.05) is 0 Å². The van der Waals surface area contributed by atoms with Gasteiger partial charge in [0.05, 0.1) is 6.54 Å². The number of benzene rings is 1. The molecule has 1 heterocycles. The van der Waals surface area contributed by atoms with Crippen molar-refractivity contribution in [1.82, 2.24) is 10.2 Å². The van der Waals surface area contributed by atoms with Gasteiger partial charge in [0.25, 0.3) is 5.91 Å². The summed E-state index contributed by atoms with van der Waals surface area (Å²) < 4.78 is 5.58. The number of aryl methyl sites for hydroxylation is 1. The molecule has 0 bridgehead atoms. The number of carbonyl (C=O) groups is 2. The van der Waals surface area contributed by atoms with Crippen LogP contribution >= 0.6 is 0 Å². The van der Waals surface area contributed by atoms with Crippen LogP contribution in [0.2, 0.25) is 0 Å². The summed E-state index contributed by atoms with van der Waals surface area (Å²) in [5, 5.41) is 12.9. The van der Waals surface area contributed by atoms with E-state index in [2.05, 4.69) is 12.2 Å². The molecule has 1 aliphatic carbocycles. The number of nitrogens with one attached hydrogen (secondary N) is 1. The molecule has 130 valence electrons. The normalized spacial score (nSPS) is 24.9. The Morgan fingerprint density at radius 2 is 2.17 bits per heavy atom. The minimum atomic E-state index is -0.925. The fraction of sp³-hybridized carbons (Fsp3) is 0.556. The van der Waals surface area contributed by atoms with Gasteiger partial charge in [-0.05, 0) is 49.8 Å². The molecule has 0 unspecified atom stereocenters. The minimum absolute atomic E-state index is 0.0321. The Bertz CT molecular complexity index is 644. The standard InChI is InChI=1S/C18H24N2O4/c1-3-12-5-4-6-15(9-12)24-11-14(21)10-20-16(22)18(2,13-7-8-13)19-17(20)23/h4-6,9,13-14,21H,3,7-8,10-11H2,1-2H3,(H,19,23)/t14-,18-/m0/s1. The van der Waals surface area contributed by atoms with Crippen molar-refractivity contribution >= 4 is 11.9 Å². The van der Waals surface area contributed by atoms with Crippen LogP contribution in [0.25, 0.3) is 0 Å². The first-order valence-electron chi connectivity index (χ1n) is 8.48. The van der Waals surface area contributed by atoms with Gasteiger partial charge in [-0.1, -0.05) is 19.1 Å². The molecule has 3 rings (SSSR count). The Kier molecular flexibility index (Phi) is 4.49. The number of ether oxygens (including phenoxy) is 1. The first-order chi connectivity index (χ1) is 11.4. The molecule has 0 radical (unpaired) electrons. The zero-order valence-corrected chi connectivity index (χ0v) is 14.1. The van der Waals surface area contributed by atoms with Crippen LogP contribution < -0.4 is 10.1 Å². The average molecular weight is 332 g/mol. The fourth-order valence-electron chi connectivity index (χ4n) is 3.13. The second-order valence-corrected chi connectivity index (χ2v) is 6.79. The van der Waals surface area contributed by atoms with Crippen molar-refractivity contribution in [1.29, 1.82) is 0 Å². The minimum Gasteiger partial charge on any atom is -0.491 e. The molecule has 2 N–H and O–H groups in total. The average Bonchev–Trinajstić information content (AvgIpc) is 3.39. The summed E-state index contributed by atoms with van der Waals surface area (Å²) in [6.07, 6.45) is 1.89. The van der Waals surface area contributed by atoms with Gasteiger partial charge in [-0.2, -0.15) is 0 Å². The lowest BCUT2D eigenvalue weighted by molar-refractivity contribution is -0.132. The number of carbonyl (C=O) groups excluding carboxylic acids is 2. The topological polar surface area (TPSA) is 78.9 Å². The molecule has 1 aliphatic heterocycles. The number of amides is 3. The molecule has 1 saturated carbocycles. The van der Waals surface area contributed by atoms with Gasteiger partial charge in [0.2, 0.25) is 0 Å². The second-order valence-electron chi connectivity index (χ2n) is 6.79. The smallest absolute Gasteiger partial charge is 0.325 e. The van der Waals surface area contributed by atoms with Gasteiger partial charge in [-0.15, -0.1) is 0 Å². The number of aliphatic hydroxyl groups excluding tert-OH is 1. The Hall–Kier alpha value is -2.08. The van der Waals surface area contributed by atoms with E-state index < -0.39 is 17.7 Å². The zero-order valence-electron chi connectivity index (χ0n) is 14.1. The molecule has 3 amide bonds. The summed E-state index contributed by atoms with van der Waals surface area (Å²) in [5.74, 6) is 0.638. The third-order valence-corrected chi connectivity index (χ3v) is 4.84. The van der Waals surface area contributed by atoms with Crippen LogP contribution in [0.5, 0.6) is 5.75 Å². The summed E-state index contributed by atoms with van der Waals surface area (Å²) >= 11 is 0. The number of hydrogen-bond donors (Lipinski definition) is 2. The summed E-state index contributed by atoms with van der Waals surface area (Å²) in [6.45, 7) is 3.80. The number of urea groups is 1. The lowest BCUT2D eigenvalue weighted by atomic mass is 9.96. The van der Waals surface area contributed by atoms with E-state index >= 15 is 0 Å². The van der Waals surface area contributed by atoms with Crippen molar-refractivity contribution in [2.75, 3.05) is 13.2 Å². The summed E-state index contributed by atoms with van der Waals surface area (Å²) in [6, 6.07) is 7.23. The predicted octanol–water partition coefficient (Wildman–Crippen LogP) is 1.71. The van der Waals surface area contributed by atoms with Crippen molar-refractivity contribution in [2.45, 2.75) is 44.8 Å². The number of rotatable bonds is 7. The summed E-state index contributed by atoms with van der Waals surface area (Å²) in [5.41, 5.74) is 0.337. The van der Waals surface area contributed by atoms with Crippen LogP contribution in [0, 0.1) is 5.92 Å². The third kappa shape index (κ3) is 3.24. The van der Waals surface area contributed by atoms with Gasteiger partial charge < -0.3 is 15.2 Å². The van der Waals surface area contributed by atoms with E-state index in [1.807, 2.05) is 24.3 Å². The van der Waals surface area contributed by atoms with Crippen LogP contribution in [0.3, 0.4) is 0 Å². The molecule has 6 heteroatoms. The van der Waals surface area contributed by atoms with E-state index in [4.69, 9.17) is 4.74 Å². The molecular weight excluding hydrogens is 308 g/mol. The van der Waals surface area contributed by atoms with Crippen molar-refractivity contribution < 1.29 is 19.4 Å². The molecule has 1 aromatic carbocycles. The highest BCUT2D eigenvalue weighted by molar-refractivity contribution is 6.07. The summed E-state index contributed by atoms with van der Waals surface area (Å²) in [7, 11) is 0. The van der Waals surface area contributed by atoms with Gasteiger partial charge in [0.15, 0.2) is 0 Å². The highest BCUT2D eigenvalue weighted by atomic mass is 16.5. The molecule has 6 nitrogen and oxygen atoms in total. The van der Waals surface area contributed by atoms with E-state index in [9.17, 15) is 14.7 Å². The molecule has 2 fully saturated rings. The molecule has 0 aromatic heterocycles. The first kappa shape index (κ1) is 16.8. The SMILES string of the molecule is CCc1cccc(OC[C@@H](O)CN2C(=O)N[C@@](C)(C3CC3)C2=O)c1. The number of aliphatic hydroxyl groups is 1. The van der Waals surface area contributed by atoms with Crippen molar-refractivity contribution in [3.05, 3.63) is 29.8 Å². The number of β-amino-alcohol motifs (C(OH)–C–C–N with tert-alkyl or cyclic N) is 1. The van der Waals surface area contributed by atoms with Crippen LogP contribution in [-0.2, 0) is 11.2 Å². The molecule has 0 spiro atoms. The molecule has 1 saturated heterocycles. The van der Waals surface area contributed by atoms with Crippen molar-refractivity contribution in [3.8, 4) is 5.75 Å². The third-order valence-electron chi connectivity index (χ3n) is 4.84.